The number of nitro benzene ring substituents is 1. The molecule has 0 aliphatic carbocycles. The summed E-state index contributed by atoms with van der Waals surface area (Å²) in [6.07, 6.45) is 0. The molecule has 0 radical (unpaired) electrons. The summed E-state index contributed by atoms with van der Waals surface area (Å²) in [6.45, 7) is 1.57. The van der Waals surface area contributed by atoms with Crippen LogP contribution in [0, 0.1) is 10.1 Å². The Balaban J connectivity index is 2.17. The third kappa shape index (κ3) is 3.79. The van der Waals surface area contributed by atoms with Gasteiger partial charge in [-0.05, 0) is 36.8 Å². The number of hydrogen-bond donors (Lipinski definition) is 0. The molecule has 0 saturated carbocycles. The fraction of sp³-hybridized carbons (Fsp3) is 0.133. The van der Waals surface area contributed by atoms with Crippen molar-refractivity contribution in [3.63, 3.8) is 0 Å². The lowest BCUT2D eigenvalue weighted by Crippen LogP contribution is -2.02. The van der Waals surface area contributed by atoms with E-state index in [-0.39, 0.29) is 23.6 Å². The molecule has 6 heteroatoms. The van der Waals surface area contributed by atoms with Gasteiger partial charge in [0.05, 0.1) is 10.5 Å². The molecule has 0 aliphatic heterocycles. The first-order valence-corrected chi connectivity index (χ1v) is 6.52. The Morgan fingerprint density at radius 3 is 2.48 bits per heavy atom. The molecule has 5 nitrogen and oxygen atoms in total. The Labute approximate surface area is 126 Å². The minimum absolute atomic E-state index is 0.0357. The van der Waals surface area contributed by atoms with Crippen LogP contribution in [0.3, 0.4) is 0 Å². The van der Waals surface area contributed by atoms with Gasteiger partial charge in [-0.1, -0.05) is 23.7 Å². The molecule has 0 saturated heterocycles. The molecular weight excluding hydrogens is 294 g/mol. The summed E-state index contributed by atoms with van der Waals surface area (Å²) in [5, 5.41) is 11.5. The maximum Gasteiger partial charge on any atom is 0.280 e. The summed E-state index contributed by atoms with van der Waals surface area (Å²) in [5.74, 6) is 0.0272. The maximum atomic E-state index is 11.5. The van der Waals surface area contributed by atoms with Gasteiger partial charge in [-0.2, -0.15) is 0 Å². The first-order chi connectivity index (χ1) is 9.97. The topological polar surface area (TPSA) is 69.4 Å². The molecule has 0 atom stereocenters. The molecule has 0 N–H and O–H groups in total. The van der Waals surface area contributed by atoms with Crippen molar-refractivity contribution >= 4 is 23.1 Å². The Bertz CT molecular complexity index is 683. The highest BCUT2D eigenvalue weighted by Gasteiger charge is 2.18. The van der Waals surface area contributed by atoms with E-state index in [2.05, 4.69) is 0 Å². The van der Waals surface area contributed by atoms with Crippen molar-refractivity contribution in [3.05, 3.63) is 68.7 Å². The lowest BCUT2D eigenvalue weighted by atomic mass is 10.1. The van der Waals surface area contributed by atoms with E-state index in [1.54, 1.807) is 12.1 Å². The normalized spacial score (nSPS) is 10.2. The van der Waals surface area contributed by atoms with E-state index in [0.29, 0.717) is 10.8 Å². The summed E-state index contributed by atoms with van der Waals surface area (Å²) in [6, 6.07) is 11.3. The Morgan fingerprint density at radius 2 is 1.90 bits per heavy atom. The van der Waals surface area contributed by atoms with Gasteiger partial charge in [0.15, 0.2) is 5.78 Å². The van der Waals surface area contributed by atoms with Crippen LogP contribution < -0.4 is 4.74 Å². The first-order valence-electron chi connectivity index (χ1n) is 6.14. The van der Waals surface area contributed by atoms with Gasteiger partial charge in [0.25, 0.3) is 5.69 Å². The fourth-order valence-electron chi connectivity index (χ4n) is 1.79. The molecule has 0 fully saturated rings. The van der Waals surface area contributed by atoms with Crippen LogP contribution in [0.4, 0.5) is 5.69 Å². The number of carbonyl (C=O) groups is 1. The molecule has 0 bridgehead atoms. The number of ether oxygens (including phenoxy) is 1. The number of nitrogens with zero attached hydrogens (tertiary/aromatic N) is 1. The van der Waals surface area contributed by atoms with Crippen LogP contribution in [0.2, 0.25) is 5.02 Å². The van der Waals surface area contributed by atoms with E-state index in [4.69, 9.17) is 16.3 Å². The van der Waals surface area contributed by atoms with Crippen molar-refractivity contribution in [1.82, 2.24) is 0 Å². The third-order valence-corrected chi connectivity index (χ3v) is 3.11. The molecule has 108 valence electrons. The smallest absolute Gasteiger partial charge is 0.280 e. The van der Waals surface area contributed by atoms with E-state index >= 15 is 0 Å². The van der Waals surface area contributed by atoms with Crippen LogP contribution in [0.1, 0.15) is 22.8 Å². The number of benzene rings is 2. The van der Waals surface area contributed by atoms with Gasteiger partial charge in [-0.3, -0.25) is 14.9 Å². The summed E-state index contributed by atoms with van der Waals surface area (Å²) in [7, 11) is 0. The SMILES string of the molecule is CC(=O)c1cc(OCc2ccc(Cl)cc2)ccc1[N+](=O)[O-]. The van der Waals surface area contributed by atoms with Crippen LogP contribution in [0.25, 0.3) is 0 Å². The third-order valence-electron chi connectivity index (χ3n) is 2.86. The largest absolute Gasteiger partial charge is 0.489 e. The number of rotatable bonds is 5. The molecule has 2 aromatic carbocycles. The second-order valence-corrected chi connectivity index (χ2v) is 4.84. The van der Waals surface area contributed by atoms with Crippen molar-refractivity contribution in [2.45, 2.75) is 13.5 Å². The predicted molar refractivity (Wildman–Crippen MR) is 78.9 cm³/mol. The lowest BCUT2D eigenvalue weighted by Gasteiger charge is -2.08. The fourth-order valence-corrected chi connectivity index (χ4v) is 1.92. The average molecular weight is 306 g/mol. The van der Waals surface area contributed by atoms with Crippen LogP contribution in [-0.4, -0.2) is 10.7 Å². The van der Waals surface area contributed by atoms with E-state index in [0.717, 1.165) is 5.56 Å². The van der Waals surface area contributed by atoms with Gasteiger partial charge in [-0.15, -0.1) is 0 Å². The number of Topliss-reactive ketones (excluding diaryl/α,β-unsaturated/α-hetero) is 1. The molecule has 0 heterocycles. The van der Waals surface area contributed by atoms with Gasteiger partial charge in [-0.25, -0.2) is 0 Å². The molecular formula is C15H12ClNO4. The predicted octanol–water partition coefficient (Wildman–Crippen LogP) is 4.03. The highest BCUT2D eigenvalue weighted by Crippen LogP contribution is 2.25. The Hall–Kier alpha value is -2.40. The van der Waals surface area contributed by atoms with Crippen molar-refractivity contribution in [2.75, 3.05) is 0 Å². The number of carbonyl (C=O) groups excluding carboxylic acids is 1. The van der Waals surface area contributed by atoms with Crippen molar-refractivity contribution < 1.29 is 14.5 Å². The van der Waals surface area contributed by atoms with Crippen molar-refractivity contribution in [3.8, 4) is 5.75 Å². The zero-order valence-electron chi connectivity index (χ0n) is 11.2. The monoisotopic (exact) mass is 305 g/mol. The number of nitro groups is 1. The van der Waals surface area contributed by atoms with Crippen LogP contribution in [0.15, 0.2) is 42.5 Å². The zero-order valence-corrected chi connectivity index (χ0v) is 12.0. The molecule has 0 unspecified atom stereocenters. The minimum atomic E-state index is -0.584. The number of ketones is 1. The first kappa shape index (κ1) is 15.0. The minimum Gasteiger partial charge on any atom is -0.489 e. The molecule has 0 spiro atoms. The second-order valence-electron chi connectivity index (χ2n) is 4.41. The van der Waals surface area contributed by atoms with Gasteiger partial charge in [0.2, 0.25) is 0 Å². The highest BCUT2D eigenvalue weighted by molar-refractivity contribution is 6.30. The van der Waals surface area contributed by atoms with Gasteiger partial charge in [0.1, 0.15) is 12.4 Å². The van der Waals surface area contributed by atoms with Crippen LogP contribution in [0.5, 0.6) is 5.75 Å². The lowest BCUT2D eigenvalue weighted by molar-refractivity contribution is -0.385. The molecule has 0 aromatic heterocycles. The van der Waals surface area contributed by atoms with Gasteiger partial charge in [0, 0.05) is 11.1 Å². The Kier molecular flexibility index (Phi) is 4.55. The molecule has 0 aliphatic rings. The molecule has 2 aromatic rings. The van der Waals surface area contributed by atoms with E-state index in [9.17, 15) is 14.9 Å². The molecule has 21 heavy (non-hydrogen) atoms. The van der Waals surface area contributed by atoms with Crippen LogP contribution in [-0.2, 0) is 6.61 Å². The van der Waals surface area contributed by atoms with E-state index in [1.807, 2.05) is 12.1 Å². The highest BCUT2D eigenvalue weighted by atomic mass is 35.5. The summed E-state index contributed by atoms with van der Waals surface area (Å²) >= 11 is 5.79. The summed E-state index contributed by atoms with van der Waals surface area (Å²) in [4.78, 5) is 21.7. The van der Waals surface area contributed by atoms with Crippen LogP contribution >= 0.6 is 11.6 Å². The summed E-state index contributed by atoms with van der Waals surface area (Å²) in [5.41, 5.74) is 0.720. The quantitative estimate of drug-likeness (QED) is 0.475. The maximum absolute atomic E-state index is 11.5. The van der Waals surface area contributed by atoms with Gasteiger partial charge < -0.3 is 4.74 Å². The number of hydrogen-bond acceptors (Lipinski definition) is 4. The zero-order chi connectivity index (χ0) is 15.4. The Morgan fingerprint density at radius 1 is 1.24 bits per heavy atom. The standard InChI is InChI=1S/C15H12ClNO4/c1-10(18)14-8-13(6-7-15(14)17(19)20)21-9-11-2-4-12(16)5-3-11/h2-8H,9H2,1H3. The molecule has 2 rings (SSSR count). The summed E-state index contributed by atoms with van der Waals surface area (Å²) < 4.78 is 5.54. The van der Waals surface area contributed by atoms with Gasteiger partial charge >= 0.3 is 0 Å². The second kappa shape index (κ2) is 6.37. The van der Waals surface area contributed by atoms with E-state index in [1.165, 1.54) is 25.1 Å². The molecule has 0 amide bonds. The average Bonchev–Trinajstić information content (AvgIpc) is 2.46. The van der Waals surface area contributed by atoms with Crippen molar-refractivity contribution in [1.29, 1.82) is 0 Å². The van der Waals surface area contributed by atoms with E-state index < -0.39 is 4.92 Å². The van der Waals surface area contributed by atoms with Crippen molar-refractivity contribution in [2.24, 2.45) is 0 Å². The number of halogens is 1.